The molecule has 8 nitrogen and oxygen atoms in total. The Labute approximate surface area is 176 Å². The molecule has 2 atom stereocenters. The van der Waals surface area contributed by atoms with Crippen LogP contribution in [0.1, 0.15) is 41.6 Å². The van der Waals surface area contributed by atoms with Crippen LogP contribution in [-0.4, -0.2) is 29.3 Å². The maximum Gasteiger partial charge on any atom is 0.573 e. The molecule has 1 saturated carbocycles. The van der Waals surface area contributed by atoms with Crippen LogP contribution in [0, 0.1) is 11.3 Å². The zero-order valence-corrected chi connectivity index (χ0v) is 16.4. The number of primary amides is 1. The van der Waals surface area contributed by atoms with E-state index in [1.54, 1.807) is 0 Å². The summed E-state index contributed by atoms with van der Waals surface area (Å²) in [5.74, 6) is -1.10. The van der Waals surface area contributed by atoms with Crippen molar-refractivity contribution in [2.45, 2.75) is 44.1 Å². The Balaban J connectivity index is 1.94. The molecular formula is C20H21F3N6O2. The number of carbonyl (C=O) groups is 1. The zero-order chi connectivity index (χ0) is 22.6. The Bertz CT molecular complexity index is 1010. The van der Waals surface area contributed by atoms with Gasteiger partial charge in [-0.15, -0.1) is 13.2 Å². The van der Waals surface area contributed by atoms with Crippen molar-refractivity contribution < 1.29 is 22.7 Å². The molecule has 1 aliphatic rings. The van der Waals surface area contributed by atoms with Gasteiger partial charge in [0.05, 0.1) is 11.1 Å². The Morgan fingerprint density at radius 3 is 2.61 bits per heavy atom. The van der Waals surface area contributed by atoms with Crippen LogP contribution in [0.25, 0.3) is 0 Å². The number of hydrogen-bond donors (Lipinski definition) is 4. The maximum atomic E-state index is 12.5. The van der Waals surface area contributed by atoms with Crippen molar-refractivity contribution in [2.75, 3.05) is 10.6 Å². The Morgan fingerprint density at radius 2 is 1.97 bits per heavy atom. The van der Waals surface area contributed by atoms with Crippen molar-refractivity contribution in [3.8, 4) is 11.8 Å². The molecule has 1 aliphatic carbocycles. The minimum absolute atomic E-state index is 0.0115. The Morgan fingerprint density at radius 1 is 1.23 bits per heavy atom. The maximum absolute atomic E-state index is 12.5. The number of nitriles is 1. The molecule has 1 fully saturated rings. The van der Waals surface area contributed by atoms with E-state index in [0.717, 1.165) is 37.8 Å². The van der Waals surface area contributed by atoms with E-state index in [4.69, 9.17) is 11.5 Å². The summed E-state index contributed by atoms with van der Waals surface area (Å²) in [7, 11) is 0. The molecule has 1 aromatic heterocycles. The van der Waals surface area contributed by atoms with Gasteiger partial charge >= 0.3 is 6.36 Å². The summed E-state index contributed by atoms with van der Waals surface area (Å²) in [6.07, 6.45) is -1.23. The fourth-order valence-electron chi connectivity index (χ4n) is 3.41. The lowest BCUT2D eigenvalue weighted by Gasteiger charge is -2.30. The van der Waals surface area contributed by atoms with Gasteiger partial charge in [0.15, 0.2) is 0 Å². The normalized spacial score (nSPS) is 18.7. The van der Waals surface area contributed by atoms with Gasteiger partial charge in [-0.3, -0.25) is 4.79 Å². The first-order chi connectivity index (χ1) is 14.7. The standard InChI is InChI=1S/C20H21F3N6O2/c21-20(22,23)31-13-5-3-4-12(9-13)27-19-14(17(26)30)8-11(10-24)18(29-19)28-16-7-2-1-6-15(16)25/h3-5,8-9,15-16H,1-2,6-7,25H2,(H2,26,30)(H2,27,28,29)/t15-,16+/m0/s1. The Hall–Kier alpha value is -3.52. The van der Waals surface area contributed by atoms with E-state index < -0.39 is 18.0 Å². The van der Waals surface area contributed by atoms with Gasteiger partial charge in [0.1, 0.15) is 23.5 Å². The number of pyridine rings is 1. The van der Waals surface area contributed by atoms with E-state index in [1.807, 2.05) is 6.07 Å². The number of benzene rings is 1. The number of aromatic nitrogens is 1. The van der Waals surface area contributed by atoms with E-state index in [9.17, 15) is 23.2 Å². The van der Waals surface area contributed by atoms with Gasteiger partial charge in [0.2, 0.25) is 0 Å². The second kappa shape index (κ2) is 9.09. The van der Waals surface area contributed by atoms with Crippen LogP contribution in [0.5, 0.6) is 5.75 Å². The first-order valence-electron chi connectivity index (χ1n) is 9.56. The smallest absolute Gasteiger partial charge is 0.406 e. The number of halogens is 3. The molecule has 1 heterocycles. The lowest BCUT2D eigenvalue weighted by molar-refractivity contribution is -0.274. The zero-order valence-electron chi connectivity index (χ0n) is 16.4. The van der Waals surface area contributed by atoms with Gasteiger partial charge in [-0.05, 0) is 31.0 Å². The minimum Gasteiger partial charge on any atom is -0.406 e. The second-order valence-corrected chi connectivity index (χ2v) is 7.16. The average molecular weight is 434 g/mol. The second-order valence-electron chi connectivity index (χ2n) is 7.16. The largest absolute Gasteiger partial charge is 0.573 e. The van der Waals surface area contributed by atoms with Crippen LogP contribution in [0.2, 0.25) is 0 Å². The third kappa shape index (κ3) is 5.76. The van der Waals surface area contributed by atoms with Crippen molar-refractivity contribution in [2.24, 2.45) is 11.5 Å². The fourth-order valence-corrected chi connectivity index (χ4v) is 3.41. The van der Waals surface area contributed by atoms with Crippen LogP contribution in [-0.2, 0) is 0 Å². The SMILES string of the molecule is N#Cc1cc(C(N)=O)c(Nc2cccc(OC(F)(F)F)c2)nc1N[C@@H]1CCCC[C@@H]1N. The van der Waals surface area contributed by atoms with Crippen molar-refractivity contribution in [3.63, 3.8) is 0 Å². The topological polar surface area (TPSA) is 139 Å². The molecule has 0 aliphatic heterocycles. The van der Waals surface area contributed by atoms with Crippen LogP contribution in [0.3, 0.4) is 0 Å². The van der Waals surface area contributed by atoms with E-state index in [0.29, 0.717) is 0 Å². The molecule has 0 radical (unpaired) electrons. The predicted octanol–water partition coefficient (Wildman–Crippen LogP) is 3.38. The van der Waals surface area contributed by atoms with Gasteiger partial charge in [-0.25, -0.2) is 4.98 Å². The number of nitrogens with one attached hydrogen (secondary N) is 2. The van der Waals surface area contributed by atoms with Crippen LogP contribution < -0.4 is 26.8 Å². The molecule has 0 spiro atoms. The van der Waals surface area contributed by atoms with Crippen molar-refractivity contribution >= 4 is 23.2 Å². The highest BCUT2D eigenvalue weighted by Gasteiger charge is 2.31. The molecule has 31 heavy (non-hydrogen) atoms. The first kappa shape index (κ1) is 22.2. The van der Waals surface area contributed by atoms with Gasteiger partial charge < -0.3 is 26.8 Å². The summed E-state index contributed by atoms with van der Waals surface area (Å²) >= 11 is 0. The summed E-state index contributed by atoms with van der Waals surface area (Å²) in [5, 5.41) is 15.4. The van der Waals surface area contributed by atoms with E-state index in [1.165, 1.54) is 18.2 Å². The predicted molar refractivity (Wildman–Crippen MR) is 108 cm³/mol. The number of nitrogens with two attached hydrogens (primary N) is 2. The minimum atomic E-state index is -4.85. The summed E-state index contributed by atoms with van der Waals surface area (Å²) in [4.78, 5) is 16.2. The molecule has 164 valence electrons. The lowest BCUT2D eigenvalue weighted by Crippen LogP contribution is -2.43. The molecule has 0 unspecified atom stereocenters. The molecule has 0 bridgehead atoms. The molecule has 1 amide bonds. The number of anilines is 3. The van der Waals surface area contributed by atoms with Crippen LogP contribution in [0.15, 0.2) is 30.3 Å². The summed E-state index contributed by atoms with van der Waals surface area (Å²) in [5.41, 5.74) is 11.8. The number of rotatable bonds is 6. The highest BCUT2D eigenvalue weighted by Crippen LogP contribution is 2.30. The van der Waals surface area contributed by atoms with Crippen molar-refractivity contribution in [1.29, 1.82) is 5.26 Å². The summed E-state index contributed by atoms with van der Waals surface area (Å²) < 4.78 is 41.4. The fraction of sp³-hybridized carbons (Fsp3) is 0.350. The number of amides is 1. The van der Waals surface area contributed by atoms with Crippen molar-refractivity contribution in [1.82, 2.24) is 4.98 Å². The van der Waals surface area contributed by atoms with Gasteiger partial charge in [-0.2, -0.15) is 5.26 Å². The molecule has 1 aromatic carbocycles. The number of ether oxygens (including phenoxy) is 1. The van der Waals surface area contributed by atoms with E-state index in [-0.39, 0.29) is 40.5 Å². The van der Waals surface area contributed by atoms with E-state index >= 15 is 0 Å². The number of hydrogen-bond acceptors (Lipinski definition) is 7. The van der Waals surface area contributed by atoms with Crippen LogP contribution in [0.4, 0.5) is 30.5 Å². The summed E-state index contributed by atoms with van der Waals surface area (Å²) in [6.45, 7) is 0. The quantitative estimate of drug-likeness (QED) is 0.546. The average Bonchev–Trinajstić information content (AvgIpc) is 2.68. The number of alkyl halides is 3. The van der Waals surface area contributed by atoms with Gasteiger partial charge in [-0.1, -0.05) is 18.9 Å². The molecular weight excluding hydrogens is 413 g/mol. The molecule has 3 rings (SSSR count). The van der Waals surface area contributed by atoms with E-state index in [2.05, 4.69) is 20.4 Å². The summed E-state index contributed by atoms with van der Waals surface area (Å²) in [6, 6.07) is 8.08. The number of carbonyl (C=O) groups excluding carboxylic acids is 1. The first-order valence-corrected chi connectivity index (χ1v) is 9.56. The van der Waals surface area contributed by atoms with Gasteiger partial charge in [0, 0.05) is 23.8 Å². The third-order valence-corrected chi connectivity index (χ3v) is 4.88. The monoisotopic (exact) mass is 434 g/mol. The van der Waals surface area contributed by atoms with Crippen molar-refractivity contribution in [3.05, 3.63) is 41.5 Å². The number of nitrogens with zero attached hydrogens (tertiary/aromatic N) is 2. The highest BCUT2D eigenvalue weighted by molar-refractivity contribution is 5.99. The van der Waals surface area contributed by atoms with Crippen LogP contribution >= 0.6 is 0 Å². The van der Waals surface area contributed by atoms with Gasteiger partial charge in [0.25, 0.3) is 5.91 Å². The molecule has 11 heteroatoms. The molecule has 0 saturated heterocycles. The highest BCUT2D eigenvalue weighted by atomic mass is 19.4. The molecule has 6 N–H and O–H groups in total. The third-order valence-electron chi connectivity index (χ3n) is 4.88. The molecule has 2 aromatic rings. The Kier molecular flexibility index (Phi) is 6.50. The lowest BCUT2D eigenvalue weighted by atomic mass is 9.91.